The summed E-state index contributed by atoms with van der Waals surface area (Å²) in [6, 6.07) is 0. The van der Waals surface area contributed by atoms with Crippen molar-refractivity contribution in [1.82, 2.24) is 0 Å². The van der Waals surface area contributed by atoms with Gasteiger partial charge in [-0.3, -0.25) is 9.59 Å². The Hall–Kier alpha value is -1.49. The number of carboxylic acids is 1. The molecule has 1 aliphatic rings. The maximum Gasteiger partial charge on any atom is 0.303 e. The number of hydrogen-bond acceptors (Lipinski definition) is 3. The van der Waals surface area contributed by atoms with E-state index in [-0.39, 0.29) is 24.0 Å². The summed E-state index contributed by atoms with van der Waals surface area (Å²) in [5.74, 6) is -1.84. The third-order valence-electron chi connectivity index (χ3n) is 5.51. The molecule has 0 spiro atoms. The number of alkyl halides is 1. The number of carbonyl (C=O) groups is 2. The SMILES string of the molecule is CCCCC(C)(C)C(O)C=C[C@H]1C(=O)C[C@H](F)[C@@H]1CC=CCCCC(=O)O. The predicted molar refractivity (Wildman–Crippen MR) is 105 cm³/mol. The number of allylic oxidation sites excluding steroid dienone is 3. The Morgan fingerprint density at radius 3 is 2.67 bits per heavy atom. The Morgan fingerprint density at radius 1 is 1.33 bits per heavy atom. The molecule has 1 unspecified atom stereocenters. The van der Waals surface area contributed by atoms with Crippen molar-refractivity contribution in [3.63, 3.8) is 0 Å². The molecule has 154 valence electrons. The van der Waals surface area contributed by atoms with Gasteiger partial charge in [-0.15, -0.1) is 0 Å². The van der Waals surface area contributed by atoms with Crippen LogP contribution in [0.1, 0.15) is 72.1 Å². The minimum absolute atomic E-state index is 0.0676. The number of ketones is 1. The van der Waals surface area contributed by atoms with Gasteiger partial charge in [-0.05, 0) is 31.1 Å². The minimum Gasteiger partial charge on any atom is -0.481 e. The van der Waals surface area contributed by atoms with Gasteiger partial charge >= 0.3 is 5.97 Å². The van der Waals surface area contributed by atoms with Gasteiger partial charge in [0.1, 0.15) is 12.0 Å². The number of Topliss-reactive ketones (excluding diaryl/α,β-unsaturated/α-hetero) is 1. The first-order chi connectivity index (χ1) is 12.7. The number of aliphatic carboxylic acids is 1. The number of hydrogen-bond donors (Lipinski definition) is 2. The van der Waals surface area contributed by atoms with Crippen molar-refractivity contribution in [2.24, 2.45) is 17.3 Å². The fourth-order valence-corrected chi connectivity index (χ4v) is 3.50. The summed E-state index contributed by atoms with van der Waals surface area (Å²) in [5.41, 5.74) is -0.275. The topological polar surface area (TPSA) is 74.6 Å². The monoisotopic (exact) mass is 382 g/mol. The molecule has 1 fully saturated rings. The van der Waals surface area contributed by atoms with Gasteiger partial charge in [0.25, 0.3) is 0 Å². The number of rotatable bonds is 12. The van der Waals surface area contributed by atoms with Gasteiger partial charge in [-0.1, -0.05) is 57.9 Å². The molecule has 0 bridgehead atoms. The number of halogens is 1. The van der Waals surface area contributed by atoms with Gasteiger partial charge in [0, 0.05) is 24.7 Å². The third-order valence-corrected chi connectivity index (χ3v) is 5.51. The minimum atomic E-state index is -1.17. The van der Waals surface area contributed by atoms with E-state index in [0.717, 1.165) is 19.3 Å². The second kappa shape index (κ2) is 11.4. The van der Waals surface area contributed by atoms with Crippen molar-refractivity contribution in [2.45, 2.75) is 84.4 Å². The summed E-state index contributed by atoms with van der Waals surface area (Å²) in [4.78, 5) is 22.7. The summed E-state index contributed by atoms with van der Waals surface area (Å²) in [5, 5.41) is 19.1. The summed E-state index contributed by atoms with van der Waals surface area (Å²) in [6.45, 7) is 6.11. The van der Waals surface area contributed by atoms with Crippen LogP contribution in [0.25, 0.3) is 0 Å². The zero-order valence-corrected chi connectivity index (χ0v) is 16.9. The highest BCUT2D eigenvalue weighted by Gasteiger charge is 2.40. The molecular weight excluding hydrogens is 347 g/mol. The van der Waals surface area contributed by atoms with Crippen LogP contribution in [0.2, 0.25) is 0 Å². The van der Waals surface area contributed by atoms with Crippen LogP contribution >= 0.6 is 0 Å². The molecule has 0 saturated heterocycles. The van der Waals surface area contributed by atoms with Crippen LogP contribution in [0.4, 0.5) is 4.39 Å². The van der Waals surface area contributed by atoms with E-state index in [1.54, 1.807) is 12.2 Å². The van der Waals surface area contributed by atoms with Gasteiger partial charge in [0.05, 0.1) is 6.10 Å². The summed E-state index contributed by atoms with van der Waals surface area (Å²) in [6.07, 6.45) is 9.91. The second-order valence-corrected chi connectivity index (χ2v) is 8.29. The molecule has 0 aromatic heterocycles. The van der Waals surface area contributed by atoms with Crippen LogP contribution < -0.4 is 0 Å². The first kappa shape index (κ1) is 23.5. The fraction of sp³-hybridized carbons (Fsp3) is 0.727. The predicted octanol–water partition coefficient (Wildman–Crippen LogP) is 4.86. The molecule has 0 amide bonds. The number of carboxylic acid groups (broad SMARTS) is 1. The van der Waals surface area contributed by atoms with Crippen LogP contribution in [0.15, 0.2) is 24.3 Å². The third kappa shape index (κ3) is 7.96. The zero-order chi connectivity index (χ0) is 20.4. The normalized spacial score (nSPS) is 24.9. The van der Waals surface area contributed by atoms with E-state index in [1.807, 2.05) is 26.0 Å². The number of aliphatic hydroxyl groups is 1. The van der Waals surface area contributed by atoms with Crippen molar-refractivity contribution in [3.8, 4) is 0 Å². The van der Waals surface area contributed by atoms with Gasteiger partial charge < -0.3 is 10.2 Å². The van der Waals surface area contributed by atoms with Crippen LogP contribution in [0, 0.1) is 17.3 Å². The van der Waals surface area contributed by atoms with Crippen molar-refractivity contribution in [1.29, 1.82) is 0 Å². The average molecular weight is 383 g/mol. The Morgan fingerprint density at radius 2 is 2.04 bits per heavy atom. The van der Waals surface area contributed by atoms with Gasteiger partial charge in [-0.2, -0.15) is 0 Å². The number of aliphatic hydroxyl groups excluding tert-OH is 1. The lowest BCUT2D eigenvalue weighted by Gasteiger charge is -2.29. The van der Waals surface area contributed by atoms with E-state index in [0.29, 0.717) is 19.3 Å². The zero-order valence-electron chi connectivity index (χ0n) is 16.9. The highest BCUT2D eigenvalue weighted by molar-refractivity contribution is 5.86. The molecule has 1 aliphatic carbocycles. The molecule has 0 aliphatic heterocycles. The Kier molecular flexibility index (Phi) is 9.92. The molecule has 0 radical (unpaired) electrons. The average Bonchev–Trinajstić information content (AvgIpc) is 2.86. The fourth-order valence-electron chi connectivity index (χ4n) is 3.50. The molecule has 5 heteroatoms. The molecule has 27 heavy (non-hydrogen) atoms. The smallest absolute Gasteiger partial charge is 0.303 e. The Balaban J connectivity index is 2.63. The van der Waals surface area contributed by atoms with Gasteiger partial charge in [0.15, 0.2) is 0 Å². The molecule has 1 rings (SSSR count). The molecular formula is C22H35FO4. The second-order valence-electron chi connectivity index (χ2n) is 8.29. The molecule has 0 aromatic carbocycles. The van der Waals surface area contributed by atoms with Crippen molar-refractivity contribution in [2.75, 3.05) is 0 Å². The molecule has 0 heterocycles. The molecule has 0 aromatic rings. The maximum atomic E-state index is 14.3. The van der Waals surface area contributed by atoms with E-state index in [4.69, 9.17) is 5.11 Å². The lowest BCUT2D eigenvalue weighted by molar-refractivity contribution is -0.137. The lowest BCUT2D eigenvalue weighted by atomic mass is 9.80. The summed E-state index contributed by atoms with van der Waals surface area (Å²) >= 11 is 0. The number of carbonyl (C=O) groups excluding carboxylic acids is 1. The standard InChI is InChI=1S/C22H35FO4/c1-4-5-14-22(2,3)20(25)13-12-17-16(18(23)15-19(17)24)10-8-6-7-9-11-21(26)27/h6,8,12-13,16-18,20,25H,4-5,7,9-11,14-15H2,1-3H3,(H,26,27)/t16-,17-,18+,20?/m1/s1. The quantitative estimate of drug-likeness (QED) is 0.373. The van der Waals surface area contributed by atoms with Gasteiger partial charge in [-0.25, -0.2) is 4.39 Å². The lowest BCUT2D eigenvalue weighted by Crippen LogP contribution is -2.28. The first-order valence-corrected chi connectivity index (χ1v) is 10.1. The number of unbranched alkanes of at least 4 members (excludes halogenated alkanes) is 2. The molecule has 2 N–H and O–H groups in total. The molecule has 4 nitrogen and oxygen atoms in total. The van der Waals surface area contributed by atoms with Crippen LogP contribution in [-0.2, 0) is 9.59 Å². The van der Waals surface area contributed by atoms with E-state index in [2.05, 4.69) is 6.92 Å². The molecule has 4 atom stereocenters. The van der Waals surface area contributed by atoms with Crippen molar-refractivity contribution in [3.05, 3.63) is 24.3 Å². The van der Waals surface area contributed by atoms with E-state index < -0.39 is 30.1 Å². The van der Waals surface area contributed by atoms with E-state index in [9.17, 15) is 19.1 Å². The molecule has 1 saturated carbocycles. The maximum absolute atomic E-state index is 14.3. The first-order valence-electron chi connectivity index (χ1n) is 10.1. The Labute approximate surface area is 162 Å². The van der Waals surface area contributed by atoms with Crippen LogP contribution in [-0.4, -0.2) is 34.2 Å². The highest BCUT2D eigenvalue weighted by Crippen LogP contribution is 2.36. The highest BCUT2D eigenvalue weighted by atomic mass is 19.1. The van der Waals surface area contributed by atoms with E-state index >= 15 is 0 Å². The van der Waals surface area contributed by atoms with Gasteiger partial charge in [0.2, 0.25) is 0 Å². The van der Waals surface area contributed by atoms with Crippen LogP contribution in [0.5, 0.6) is 0 Å². The largest absolute Gasteiger partial charge is 0.481 e. The van der Waals surface area contributed by atoms with Crippen molar-refractivity contribution >= 4 is 11.8 Å². The Bertz CT molecular complexity index is 538. The van der Waals surface area contributed by atoms with Crippen LogP contribution in [0.3, 0.4) is 0 Å². The summed E-state index contributed by atoms with van der Waals surface area (Å²) in [7, 11) is 0. The summed E-state index contributed by atoms with van der Waals surface area (Å²) < 4.78 is 14.3. The van der Waals surface area contributed by atoms with Crippen molar-refractivity contribution < 1.29 is 24.2 Å². The van der Waals surface area contributed by atoms with E-state index in [1.165, 1.54) is 0 Å².